The van der Waals surface area contributed by atoms with Crippen LogP contribution in [-0.2, 0) is 26.2 Å². The monoisotopic (exact) mass is 313 g/mol. The summed E-state index contributed by atoms with van der Waals surface area (Å²) in [7, 11) is 10.5. The second-order valence-corrected chi connectivity index (χ2v) is 2.83. The van der Waals surface area contributed by atoms with Crippen LogP contribution < -0.4 is 0 Å². The van der Waals surface area contributed by atoms with Crippen molar-refractivity contribution in [3.05, 3.63) is 58.8 Å². The summed E-state index contributed by atoms with van der Waals surface area (Å²) in [4.78, 5) is 0. The van der Waals surface area contributed by atoms with Gasteiger partial charge in [0.05, 0.1) is 0 Å². The Kier molecular flexibility index (Phi) is 44.8. The maximum absolute atomic E-state index is 3.72. The van der Waals surface area contributed by atoms with E-state index in [0.29, 0.717) is 0 Å². The molecule has 0 saturated heterocycles. The SMILES string of the molecule is C[N-]C.C[N-]C.C[N-]C.[CH2-]c1ccccc1.[Zr+4]. The van der Waals surface area contributed by atoms with Gasteiger partial charge in [-0.05, 0) is 0 Å². The van der Waals surface area contributed by atoms with Gasteiger partial charge < -0.3 is 16.0 Å². The van der Waals surface area contributed by atoms with Crippen LogP contribution in [0.3, 0.4) is 0 Å². The third-order valence-corrected chi connectivity index (χ3v) is 0.843. The molecule has 1 aromatic rings. The minimum atomic E-state index is 0. The quantitative estimate of drug-likeness (QED) is 0.655. The fourth-order valence-corrected chi connectivity index (χ4v) is 0.478. The van der Waals surface area contributed by atoms with Gasteiger partial charge in [0, 0.05) is 0 Å². The molecule has 0 N–H and O–H groups in total. The zero-order chi connectivity index (χ0) is 13.2. The van der Waals surface area contributed by atoms with Crippen LogP contribution >= 0.6 is 0 Å². The Morgan fingerprint density at radius 1 is 0.706 bits per heavy atom. The van der Waals surface area contributed by atoms with E-state index in [-0.39, 0.29) is 26.2 Å². The van der Waals surface area contributed by atoms with Gasteiger partial charge in [-0.1, -0.05) is 6.07 Å². The van der Waals surface area contributed by atoms with Gasteiger partial charge in [-0.2, -0.15) is 66.9 Å². The van der Waals surface area contributed by atoms with Gasteiger partial charge in [0.2, 0.25) is 0 Å². The molecule has 0 heterocycles. The maximum atomic E-state index is 3.72. The van der Waals surface area contributed by atoms with Crippen molar-refractivity contribution in [3.8, 4) is 0 Å². The molecule has 0 amide bonds. The number of rotatable bonds is 0. The smallest absolute Gasteiger partial charge is 0.668 e. The largest absolute Gasteiger partial charge is 4.00 e. The molecular weight excluding hydrogens is 289 g/mol. The van der Waals surface area contributed by atoms with Crippen LogP contribution in [0, 0.1) is 6.92 Å². The number of hydrogen-bond acceptors (Lipinski definition) is 0. The van der Waals surface area contributed by atoms with Crippen molar-refractivity contribution in [1.29, 1.82) is 0 Å². The summed E-state index contributed by atoms with van der Waals surface area (Å²) in [5, 5.41) is 10.5. The van der Waals surface area contributed by atoms with Gasteiger partial charge in [0.15, 0.2) is 0 Å². The van der Waals surface area contributed by atoms with Crippen LogP contribution in [0.1, 0.15) is 5.56 Å². The van der Waals surface area contributed by atoms with Crippen LogP contribution in [0.5, 0.6) is 0 Å². The van der Waals surface area contributed by atoms with Crippen molar-refractivity contribution >= 4 is 0 Å². The first-order chi connectivity index (χ1) is 7.64. The number of benzene rings is 1. The molecule has 1 rings (SSSR count). The molecule has 4 heteroatoms. The molecule has 0 radical (unpaired) electrons. The van der Waals surface area contributed by atoms with Crippen molar-refractivity contribution < 1.29 is 26.2 Å². The molecule has 96 valence electrons. The van der Waals surface area contributed by atoms with Gasteiger partial charge in [0.25, 0.3) is 0 Å². The second-order valence-electron chi connectivity index (χ2n) is 2.83. The van der Waals surface area contributed by atoms with E-state index in [1.165, 1.54) is 0 Å². The Morgan fingerprint density at radius 2 is 0.941 bits per heavy atom. The van der Waals surface area contributed by atoms with Gasteiger partial charge in [-0.3, -0.25) is 0 Å². The van der Waals surface area contributed by atoms with E-state index < -0.39 is 0 Å². The molecule has 3 nitrogen and oxygen atoms in total. The van der Waals surface area contributed by atoms with Crippen molar-refractivity contribution in [2.75, 3.05) is 42.3 Å². The molecule has 0 aliphatic carbocycles. The summed E-state index contributed by atoms with van der Waals surface area (Å²) < 4.78 is 0. The molecule has 0 aliphatic rings. The van der Waals surface area contributed by atoms with Crippen LogP contribution in [-0.4, -0.2) is 42.3 Å². The summed E-state index contributed by atoms with van der Waals surface area (Å²) in [6, 6.07) is 9.87. The third-order valence-electron chi connectivity index (χ3n) is 0.843. The van der Waals surface area contributed by atoms with E-state index in [9.17, 15) is 0 Å². The molecular formula is C13H25N3Zr. The second kappa shape index (κ2) is 29.7. The minimum absolute atomic E-state index is 0. The Balaban J connectivity index is -0.0000000734. The van der Waals surface area contributed by atoms with E-state index in [4.69, 9.17) is 0 Å². The van der Waals surface area contributed by atoms with Gasteiger partial charge in [-0.25, -0.2) is 0 Å². The summed E-state index contributed by atoms with van der Waals surface area (Å²) in [6.45, 7) is 3.72. The first-order valence-corrected chi connectivity index (χ1v) is 4.95. The Bertz CT molecular complexity index is 177. The van der Waals surface area contributed by atoms with Gasteiger partial charge >= 0.3 is 26.2 Å². The first kappa shape index (κ1) is 25.6. The average Bonchev–Trinajstić information content (AvgIpc) is 2.22. The van der Waals surface area contributed by atoms with Crippen molar-refractivity contribution in [2.45, 2.75) is 0 Å². The maximum Gasteiger partial charge on any atom is 4.00 e. The Morgan fingerprint density at radius 3 is 1.06 bits per heavy atom. The molecule has 0 fully saturated rings. The molecule has 17 heavy (non-hydrogen) atoms. The molecule has 1 aromatic carbocycles. The topological polar surface area (TPSA) is 42.3 Å². The van der Waals surface area contributed by atoms with Gasteiger partial charge in [-0.15, -0.1) is 12.1 Å². The predicted octanol–water partition coefficient (Wildman–Crippen LogP) is 3.73. The Labute approximate surface area is 127 Å². The third kappa shape index (κ3) is 49.3. The summed E-state index contributed by atoms with van der Waals surface area (Å²) in [6.07, 6.45) is 0. The molecule has 0 unspecified atom stereocenters. The van der Waals surface area contributed by atoms with E-state index in [1.54, 1.807) is 42.3 Å². The number of hydrogen-bond donors (Lipinski definition) is 0. The van der Waals surface area contributed by atoms with Crippen LogP contribution in [0.4, 0.5) is 0 Å². The van der Waals surface area contributed by atoms with Crippen molar-refractivity contribution in [2.24, 2.45) is 0 Å². The van der Waals surface area contributed by atoms with E-state index in [0.717, 1.165) is 5.56 Å². The Hall–Kier alpha value is -0.147. The fraction of sp³-hybridized carbons (Fsp3) is 0.462. The normalized spacial score (nSPS) is 6.71. The molecule has 0 spiro atoms. The van der Waals surface area contributed by atoms with E-state index in [2.05, 4.69) is 22.9 Å². The van der Waals surface area contributed by atoms with Crippen LogP contribution in [0.15, 0.2) is 30.3 Å². The standard InChI is InChI=1S/C7H7.3C2H6N.Zr/c1-7-5-3-2-4-6-7;3*1-3-2;/h2-6H,1H2;3*1-2H3;/q4*-1;+4. The zero-order valence-corrected chi connectivity index (χ0v) is 14.4. The predicted molar refractivity (Wildman–Crippen MR) is 76.5 cm³/mol. The minimum Gasteiger partial charge on any atom is -0.668 e. The van der Waals surface area contributed by atoms with Crippen LogP contribution in [0.2, 0.25) is 0 Å². The van der Waals surface area contributed by atoms with Crippen molar-refractivity contribution in [1.82, 2.24) is 0 Å². The summed E-state index contributed by atoms with van der Waals surface area (Å²) in [5.41, 5.74) is 1.07. The number of nitrogens with zero attached hydrogens (tertiary/aromatic N) is 3. The van der Waals surface area contributed by atoms with Gasteiger partial charge in [0.1, 0.15) is 0 Å². The molecule has 0 aliphatic heterocycles. The fourth-order valence-electron chi connectivity index (χ4n) is 0.478. The summed E-state index contributed by atoms with van der Waals surface area (Å²) >= 11 is 0. The van der Waals surface area contributed by atoms with Crippen LogP contribution in [0.25, 0.3) is 16.0 Å². The van der Waals surface area contributed by atoms with E-state index >= 15 is 0 Å². The molecule has 0 aromatic heterocycles. The molecule has 0 bridgehead atoms. The summed E-state index contributed by atoms with van der Waals surface area (Å²) in [5.74, 6) is 0. The zero-order valence-electron chi connectivity index (χ0n) is 11.9. The average molecular weight is 315 g/mol. The van der Waals surface area contributed by atoms with E-state index in [1.807, 2.05) is 30.3 Å². The molecule has 0 atom stereocenters. The first-order valence-electron chi connectivity index (χ1n) is 4.95. The van der Waals surface area contributed by atoms with Crippen molar-refractivity contribution in [3.63, 3.8) is 0 Å². The molecule has 0 saturated carbocycles.